The first kappa shape index (κ1) is 30.2. The van der Waals surface area contributed by atoms with Crippen LogP contribution in [0.2, 0.25) is 0 Å². The predicted molar refractivity (Wildman–Crippen MR) is 158 cm³/mol. The van der Waals surface area contributed by atoms with Crippen LogP contribution in [0, 0.1) is 18.6 Å². The number of methoxy groups -OCH3 is 1. The second-order valence-electron chi connectivity index (χ2n) is 11.5. The maximum absolute atomic E-state index is 15.2. The number of thioether (sulfide) groups is 1. The molecule has 0 N–H and O–H groups in total. The van der Waals surface area contributed by atoms with Crippen molar-refractivity contribution in [3.05, 3.63) is 51.9 Å². The molecule has 5 rings (SSSR count). The minimum atomic E-state index is -0.673. The summed E-state index contributed by atoms with van der Waals surface area (Å²) in [6, 6.07) is 5.47. The molecule has 0 unspecified atom stereocenters. The Morgan fingerprint density at radius 2 is 1.86 bits per heavy atom. The van der Waals surface area contributed by atoms with Crippen LogP contribution in [0.5, 0.6) is 0 Å². The van der Waals surface area contributed by atoms with Crippen LogP contribution in [0.15, 0.2) is 34.0 Å². The van der Waals surface area contributed by atoms with Gasteiger partial charge in [-0.25, -0.2) is 18.4 Å². The van der Waals surface area contributed by atoms with Gasteiger partial charge in [0.25, 0.3) is 0 Å². The number of benzene rings is 2. The molecule has 2 aliphatic heterocycles. The van der Waals surface area contributed by atoms with Gasteiger partial charge in [-0.05, 0) is 51.5 Å². The molecule has 0 bridgehead atoms. The first-order valence-corrected chi connectivity index (χ1v) is 14.9. The van der Waals surface area contributed by atoms with Crippen LogP contribution in [0.1, 0.15) is 26.3 Å². The summed E-state index contributed by atoms with van der Waals surface area (Å²) in [5.41, 5.74) is 1.26. The second-order valence-corrected chi connectivity index (χ2v) is 12.5. The van der Waals surface area contributed by atoms with Crippen LogP contribution in [-0.4, -0.2) is 84.5 Å². The molecule has 9 nitrogen and oxygen atoms in total. The molecule has 42 heavy (non-hydrogen) atoms. The van der Waals surface area contributed by atoms with Crippen LogP contribution in [0.4, 0.5) is 19.4 Å². The molecule has 12 heteroatoms. The van der Waals surface area contributed by atoms with Gasteiger partial charge in [0.1, 0.15) is 23.1 Å². The molecule has 1 aromatic heterocycles. The normalized spacial score (nSPS) is 17.5. The lowest BCUT2D eigenvalue weighted by Crippen LogP contribution is -2.50. The van der Waals surface area contributed by atoms with Crippen molar-refractivity contribution in [2.24, 2.45) is 0 Å². The average molecular weight is 603 g/mol. The Bertz CT molecular complexity index is 1550. The number of piperazine rings is 1. The van der Waals surface area contributed by atoms with E-state index in [1.807, 2.05) is 38.7 Å². The van der Waals surface area contributed by atoms with E-state index in [0.29, 0.717) is 62.0 Å². The summed E-state index contributed by atoms with van der Waals surface area (Å²) in [4.78, 5) is 35.2. The molecule has 0 radical (unpaired) electrons. The van der Waals surface area contributed by atoms with Crippen LogP contribution in [0.25, 0.3) is 22.0 Å². The van der Waals surface area contributed by atoms with Gasteiger partial charge in [0.05, 0.1) is 31.4 Å². The SMILES string of the molecule is COCCO[C@@H]1CSc2c(-c3ccc(F)cc3F)c(C)cc3c(N4CCN(C(=O)OC(C)(C)C)CC4)nc(=O)n(c23)C1. The highest BCUT2D eigenvalue weighted by atomic mass is 32.2. The molecular formula is C30H36F2N4O5S. The third-order valence-corrected chi connectivity index (χ3v) is 8.49. The molecule has 0 spiro atoms. The summed E-state index contributed by atoms with van der Waals surface area (Å²) in [5.74, 6) is -0.296. The number of carbonyl (C=O) groups excluding carboxylic acids is 1. The first-order chi connectivity index (χ1) is 20.0. The molecule has 0 aliphatic carbocycles. The lowest BCUT2D eigenvalue weighted by molar-refractivity contribution is 0.0211. The summed E-state index contributed by atoms with van der Waals surface area (Å²) in [6.07, 6.45) is -0.684. The van der Waals surface area contributed by atoms with E-state index in [1.165, 1.54) is 23.9 Å². The Kier molecular flexibility index (Phi) is 8.77. The minimum Gasteiger partial charge on any atom is -0.444 e. The molecule has 3 heterocycles. The fraction of sp³-hybridized carbons (Fsp3) is 0.500. The smallest absolute Gasteiger partial charge is 0.410 e. The molecule has 0 saturated carbocycles. The number of ether oxygens (including phenoxy) is 3. The second kappa shape index (κ2) is 12.2. The Hall–Kier alpha value is -3.22. The van der Waals surface area contributed by atoms with E-state index in [9.17, 15) is 14.0 Å². The number of aryl methyl sites for hydroxylation is 1. The van der Waals surface area contributed by atoms with Gasteiger partial charge in [-0.3, -0.25) is 4.57 Å². The summed E-state index contributed by atoms with van der Waals surface area (Å²) < 4.78 is 47.3. The number of anilines is 1. The number of amides is 1. The largest absolute Gasteiger partial charge is 0.444 e. The van der Waals surface area contributed by atoms with E-state index >= 15 is 4.39 Å². The lowest BCUT2D eigenvalue weighted by atomic mass is 9.97. The zero-order valence-corrected chi connectivity index (χ0v) is 25.4. The van der Waals surface area contributed by atoms with Gasteiger partial charge < -0.3 is 24.0 Å². The average Bonchev–Trinajstić information content (AvgIpc) is 3.11. The molecule has 226 valence electrons. The van der Waals surface area contributed by atoms with Gasteiger partial charge in [-0.2, -0.15) is 4.98 Å². The highest BCUT2D eigenvalue weighted by molar-refractivity contribution is 7.99. The van der Waals surface area contributed by atoms with Crippen LogP contribution < -0.4 is 10.6 Å². The summed E-state index contributed by atoms with van der Waals surface area (Å²) in [6.45, 7) is 10.2. The number of halogens is 2. The van der Waals surface area contributed by atoms with E-state index in [2.05, 4.69) is 4.98 Å². The van der Waals surface area contributed by atoms with Gasteiger partial charge in [-0.1, -0.05) is 0 Å². The number of carbonyl (C=O) groups is 1. The molecule has 1 saturated heterocycles. The fourth-order valence-corrected chi connectivity index (χ4v) is 6.69. The maximum Gasteiger partial charge on any atom is 0.410 e. The van der Waals surface area contributed by atoms with E-state index in [1.54, 1.807) is 16.6 Å². The number of nitrogens with zero attached hydrogens (tertiary/aromatic N) is 4. The summed E-state index contributed by atoms with van der Waals surface area (Å²) >= 11 is 1.49. The van der Waals surface area contributed by atoms with Crippen molar-refractivity contribution in [1.29, 1.82) is 0 Å². The van der Waals surface area contributed by atoms with Gasteiger partial charge in [0.2, 0.25) is 0 Å². The molecule has 1 fully saturated rings. The van der Waals surface area contributed by atoms with E-state index in [0.717, 1.165) is 21.9 Å². The highest BCUT2D eigenvalue weighted by Crippen LogP contribution is 2.44. The molecule has 1 atom stereocenters. The van der Waals surface area contributed by atoms with Gasteiger partial charge in [0, 0.05) is 66.5 Å². The monoisotopic (exact) mass is 602 g/mol. The Labute approximate surface area is 247 Å². The maximum atomic E-state index is 15.2. The number of aromatic nitrogens is 2. The van der Waals surface area contributed by atoms with Crippen LogP contribution in [-0.2, 0) is 20.8 Å². The Morgan fingerprint density at radius 1 is 1.12 bits per heavy atom. The quantitative estimate of drug-likeness (QED) is 0.371. The van der Waals surface area contributed by atoms with Crippen molar-refractivity contribution in [3.63, 3.8) is 0 Å². The van der Waals surface area contributed by atoms with Crippen LogP contribution in [0.3, 0.4) is 0 Å². The minimum absolute atomic E-state index is 0.264. The Morgan fingerprint density at radius 3 is 2.52 bits per heavy atom. The fourth-order valence-electron chi connectivity index (χ4n) is 5.36. The zero-order valence-electron chi connectivity index (χ0n) is 24.5. The first-order valence-electron chi connectivity index (χ1n) is 14.0. The van der Waals surface area contributed by atoms with Gasteiger partial charge in [0.15, 0.2) is 0 Å². The Balaban J connectivity index is 1.59. The third-order valence-electron chi connectivity index (χ3n) is 7.27. The highest BCUT2D eigenvalue weighted by Gasteiger charge is 2.31. The molecular weight excluding hydrogens is 566 g/mol. The van der Waals surface area contributed by atoms with Crippen LogP contribution >= 0.6 is 11.8 Å². The molecule has 2 aliphatic rings. The summed E-state index contributed by atoms with van der Waals surface area (Å²) in [5, 5.41) is 0.754. The summed E-state index contributed by atoms with van der Waals surface area (Å²) in [7, 11) is 1.59. The number of hydrogen-bond acceptors (Lipinski definition) is 8. The molecule has 2 aromatic carbocycles. The third kappa shape index (κ3) is 6.25. The standard InChI is InChI=1S/C30H36F2N4O5S/c1-18-14-22-25-26(24(18)21-7-6-19(31)15-23(21)32)42-17-20(40-13-12-39-5)16-36(25)28(37)33-27(22)34-8-10-35(11-9-34)29(38)41-30(2,3)4/h6-7,14-15,20H,8-13,16-17H2,1-5H3/t20-/m0/s1. The molecule has 3 aromatic rings. The zero-order chi connectivity index (χ0) is 30.2. The number of hydrogen-bond donors (Lipinski definition) is 0. The van der Waals surface area contributed by atoms with Crippen molar-refractivity contribution in [3.8, 4) is 11.1 Å². The van der Waals surface area contributed by atoms with Crippen molar-refractivity contribution in [1.82, 2.24) is 14.5 Å². The van der Waals surface area contributed by atoms with E-state index < -0.39 is 22.9 Å². The van der Waals surface area contributed by atoms with E-state index in [-0.39, 0.29) is 24.3 Å². The topological polar surface area (TPSA) is 86.1 Å². The van der Waals surface area contributed by atoms with E-state index in [4.69, 9.17) is 14.2 Å². The predicted octanol–water partition coefficient (Wildman–Crippen LogP) is 4.84. The van der Waals surface area contributed by atoms with Gasteiger partial charge in [-0.15, -0.1) is 11.8 Å². The lowest BCUT2D eigenvalue weighted by Gasteiger charge is -2.36. The van der Waals surface area contributed by atoms with Crippen molar-refractivity contribution < 1.29 is 27.8 Å². The molecule has 1 amide bonds. The van der Waals surface area contributed by atoms with Crippen molar-refractivity contribution >= 4 is 34.6 Å². The van der Waals surface area contributed by atoms with Crippen molar-refractivity contribution in [2.75, 3.05) is 57.2 Å². The number of rotatable bonds is 6. The van der Waals surface area contributed by atoms with Gasteiger partial charge >= 0.3 is 11.8 Å². The van der Waals surface area contributed by atoms with Crippen molar-refractivity contribution in [2.45, 2.75) is 50.8 Å².